The number of rotatable bonds is 17. The number of halogens is 1. The molecule has 0 aliphatic heterocycles. The quantitative estimate of drug-likeness (QED) is 0.0643. The van der Waals surface area contributed by atoms with E-state index in [1.165, 1.54) is 33.3 Å². The van der Waals surface area contributed by atoms with Gasteiger partial charge in [-0.15, -0.1) is 0 Å². The molecule has 11 nitrogen and oxygen atoms in total. The summed E-state index contributed by atoms with van der Waals surface area (Å²) in [5.41, 5.74) is 3.06. The van der Waals surface area contributed by atoms with Gasteiger partial charge in [0.2, 0.25) is 17.2 Å². The molecule has 0 aliphatic rings. The molecule has 0 bridgehead atoms. The van der Waals surface area contributed by atoms with E-state index in [1.807, 2.05) is 121 Å². The molecule has 0 saturated heterocycles. The first-order chi connectivity index (χ1) is 28.2. The first-order valence-corrected chi connectivity index (χ1v) is 18.8. The van der Waals surface area contributed by atoms with Gasteiger partial charge < -0.3 is 37.9 Å². The van der Waals surface area contributed by atoms with Crippen LogP contribution in [0.3, 0.4) is 0 Å². The van der Waals surface area contributed by atoms with E-state index in [1.54, 1.807) is 0 Å². The SMILES string of the molecule is COC(=O)c1cc(Oc2c(C(=O)OC)cc(OCc3ccccc3)c(OCc3ccccc3)c2OCc2ccccc2)c(OCc2ccccc2)c(OC(C)=O)c1Br. The molecule has 0 spiro atoms. The molecule has 6 rings (SSSR count). The van der Waals surface area contributed by atoms with Crippen LogP contribution in [0.1, 0.15) is 49.9 Å². The predicted molar refractivity (Wildman–Crippen MR) is 218 cm³/mol. The fraction of sp³-hybridized carbons (Fsp3) is 0.152. The smallest absolute Gasteiger partial charge is 0.341 e. The molecule has 0 atom stereocenters. The topological polar surface area (TPSA) is 125 Å². The standard InChI is InChI=1S/C46H39BrO11/c1-30(48)57-43-39(47)35(45(49)51-2)24-38(42(43)55-28-33-20-12-6-13-21-33)58-40-36(46(50)52-3)25-37(53-26-31-16-8-4-9-17-31)41(54-27-32-18-10-5-11-19-32)44(40)56-29-34-22-14-7-15-23-34/h4-25H,26-29H2,1-3H3. The zero-order chi connectivity index (χ0) is 40.9. The molecule has 0 aromatic heterocycles. The molecule has 0 N–H and O–H groups in total. The monoisotopic (exact) mass is 846 g/mol. The van der Waals surface area contributed by atoms with E-state index in [0.29, 0.717) is 0 Å². The third kappa shape index (κ3) is 10.3. The molecule has 12 heteroatoms. The highest BCUT2D eigenvalue weighted by Crippen LogP contribution is 2.53. The number of esters is 3. The second kappa shape index (κ2) is 19.9. The minimum absolute atomic E-state index is 0.00542. The molecule has 58 heavy (non-hydrogen) atoms. The number of benzene rings is 6. The second-order valence-corrected chi connectivity index (χ2v) is 13.4. The van der Waals surface area contributed by atoms with E-state index in [4.69, 9.17) is 37.9 Å². The normalized spacial score (nSPS) is 10.6. The number of hydrogen-bond donors (Lipinski definition) is 0. The summed E-state index contributed by atoms with van der Waals surface area (Å²) >= 11 is 3.41. The average molecular weight is 848 g/mol. The molecule has 0 unspecified atom stereocenters. The predicted octanol–water partition coefficient (Wildman–Crippen LogP) is 10.1. The fourth-order valence-corrected chi connectivity index (χ4v) is 6.21. The first-order valence-electron chi connectivity index (χ1n) is 18.0. The molecular weight excluding hydrogens is 808 g/mol. The molecule has 0 radical (unpaired) electrons. The van der Waals surface area contributed by atoms with Gasteiger partial charge in [-0.05, 0) is 38.2 Å². The zero-order valence-electron chi connectivity index (χ0n) is 31.9. The molecule has 296 valence electrons. The van der Waals surface area contributed by atoms with Crippen LogP contribution in [0, 0.1) is 0 Å². The fourth-order valence-electron chi connectivity index (χ4n) is 5.67. The van der Waals surface area contributed by atoms with Crippen LogP contribution in [0.15, 0.2) is 138 Å². The van der Waals surface area contributed by atoms with E-state index < -0.39 is 17.9 Å². The Hall–Kier alpha value is -6.79. The van der Waals surface area contributed by atoms with E-state index in [0.717, 1.165) is 22.3 Å². The zero-order valence-corrected chi connectivity index (χ0v) is 33.5. The van der Waals surface area contributed by atoms with Gasteiger partial charge in [-0.25, -0.2) is 9.59 Å². The molecule has 0 amide bonds. The van der Waals surface area contributed by atoms with Gasteiger partial charge in [-0.2, -0.15) is 0 Å². The number of ether oxygens (including phenoxy) is 8. The van der Waals surface area contributed by atoms with Gasteiger partial charge in [-0.1, -0.05) is 121 Å². The minimum atomic E-state index is -0.809. The Kier molecular flexibility index (Phi) is 14.0. The minimum Gasteiger partial charge on any atom is -0.485 e. The van der Waals surface area contributed by atoms with Crippen molar-refractivity contribution in [2.75, 3.05) is 14.2 Å². The van der Waals surface area contributed by atoms with Crippen LogP contribution in [-0.2, 0) is 40.7 Å². The summed E-state index contributed by atoms with van der Waals surface area (Å²) in [7, 11) is 2.43. The van der Waals surface area contributed by atoms with Gasteiger partial charge in [0.25, 0.3) is 0 Å². The Balaban J connectivity index is 1.59. The van der Waals surface area contributed by atoms with Crippen molar-refractivity contribution in [3.05, 3.63) is 171 Å². The summed E-state index contributed by atoms with van der Waals surface area (Å²) < 4.78 is 48.5. The summed E-state index contributed by atoms with van der Waals surface area (Å²) in [5, 5.41) is 0. The molecular formula is C46H39BrO11. The van der Waals surface area contributed by atoms with Gasteiger partial charge in [-0.3, -0.25) is 4.79 Å². The highest BCUT2D eigenvalue weighted by molar-refractivity contribution is 9.10. The van der Waals surface area contributed by atoms with Crippen molar-refractivity contribution >= 4 is 33.8 Å². The van der Waals surface area contributed by atoms with Crippen molar-refractivity contribution in [1.29, 1.82) is 0 Å². The average Bonchev–Trinajstić information content (AvgIpc) is 3.26. The maximum atomic E-state index is 13.8. The van der Waals surface area contributed by atoms with Crippen LogP contribution in [0.2, 0.25) is 0 Å². The van der Waals surface area contributed by atoms with Crippen molar-refractivity contribution in [2.24, 2.45) is 0 Å². The first kappa shape index (κ1) is 40.9. The Labute approximate surface area is 344 Å². The van der Waals surface area contributed by atoms with Crippen LogP contribution in [-0.4, -0.2) is 32.1 Å². The Bertz CT molecular complexity index is 2340. The van der Waals surface area contributed by atoms with Crippen LogP contribution in [0.4, 0.5) is 0 Å². The maximum absolute atomic E-state index is 13.8. The van der Waals surface area contributed by atoms with Crippen molar-refractivity contribution in [3.8, 4) is 40.2 Å². The third-order valence-corrected chi connectivity index (χ3v) is 9.27. The van der Waals surface area contributed by atoms with Gasteiger partial charge in [0, 0.05) is 19.1 Å². The van der Waals surface area contributed by atoms with E-state index in [2.05, 4.69) is 15.9 Å². The number of carbonyl (C=O) groups excluding carboxylic acids is 3. The van der Waals surface area contributed by atoms with E-state index >= 15 is 0 Å². The van der Waals surface area contributed by atoms with Crippen molar-refractivity contribution in [2.45, 2.75) is 33.4 Å². The molecule has 0 saturated carbocycles. The molecule has 6 aromatic carbocycles. The highest BCUT2D eigenvalue weighted by Gasteiger charge is 2.32. The maximum Gasteiger partial charge on any atom is 0.341 e. The summed E-state index contributed by atoms with van der Waals surface area (Å²) in [6.45, 7) is 1.39. The Morgan fingerprint density at radius 1 is 0.466 bits per heavy atom. The molecule has 0 heterocycles. The lowest BCUT2D eigenvalue weighted by Crippen LogP contribution is -2.12. The van der Waals surface area contributed by atoms with Crippen molar-refractivity contribution in [1.82, 2.24) is 0 Å². The number of hydrogen-bond acceptors (Lipinski definition) is 11. The largest absolute Gasteiger partial charge is 0.485 e. The Morgan fingerprint density at radius 3 is 1.28 bits per heavy atom. The van der Waals surface area contributed by atoms with Crippen LogP contribution in [0.25, 0.3) is 0 Å². The summed E-state index contributed by atoms with van der Waals surface area (Å²) in [5.74, 6) is -2.64. The van der Waals surface area contributed by atoms with E-state index in [9.17, 15) is 14.4 Å². The second-order valence-electron chi connectivity index (χ2n) is 12.6. The van der Waals surface area contributed by atoms with Gasteiger partial charge >= 0.3 is 17.9 Å². The molecule has 0 fully saturated rings. The molecule has 6 aromatic rings. The lowest BCUT2D eigenvalue weighted by atomic mass is 10.1. The lowest BCUT2D eigenvalue weighted by molar-refractivity contribution is -0.132. The third-order valence-electron chi connectivity index (χ3n) is 8.48. The van der Waals surface area contributed by atoms with E-state index in [-0.39, 0.29) is 82.3 Å². The molecule has 0 aliphatic carbocycles. The summed E-state index contributed by atoms with van der Waals surface area (Å²) in [4.78, 5) is 39.6. The van der Waals surface area contributed by atoms with Crippen molar-refractivity contribution in [3.63, 3.8) is 0 Å². The van der Waals surface area contributed by atoms with Crippen LogP contribution in [0.5, 0.6) is 40.2 Å². The highest BCUT2D eigenvalue weighted by atomic mass is 79.9. The van der Waals surface area contributed by atoms with Crippen molar-refractivity contribution < 1.29 is 52.3 Å². The van der Waals surface area contributed by atoms with Gasteiger partial charge in [0.05, 0.1) is 24.3 Å². The van der Waals surface area contributed by atoms with Gasteiger partial charge in [0.1, 0.15) is 32.0 Å². The Morgan fingerprint density at radius 2 is 0.845 bits per heavy atom. The number of methoxy groups -OCH3 is 2. The van der Waals surface area contributed by atoms with Crippen LogP contribution < -0.4 is 28.4 Å². The van der Waals surface area contributed by atoms with Gasteiger partial charge in [0.15, 0.2) is 23.0 Å². The summed E-state index contributed by atoms with van der Waals surface area (Å²) in [6, 6.07) is 40.3. The number of carbonyl (C=O) groups is 3. The van der Waals surface area contributed by atoms with Crippen LogP contribution >= 0.6 is 15.9 Å². The lowest BCUT2D eigenvalue weighted by Gasteiger charge is -2.24. The summed E-state index contributed by atoms with van der Waals surface area (Å²) in [6.07, 6.45) is 0.